The number of benzene rings is 1. The molecule has 0 N–H and O–H groups in total. The van der Waals surface area contributed by atoms with Crippen LogP contribution in [0, 0.1) is 16.7 Å². The Hall–Kier alpha value is -2.11. The quantitative estimate of drug-likeness (QED) is 0.730. The fourth-order valence-corrected chi connectivity index (χ4v) is 5.94. The second kappa shape index (κ2) is 6.19. The van der Waals surface area contributed by atoms with Gasteiger partial charge in [-0.3, -0.25) is 4.90 Å². The fraction of sp³-hybridized carbons (Fsp3) is 0.522. The van der Waals surface area contributed by atoms with E-state index in [2.05, 4.69) is 24.8 Å². The maximum absolute atomic E-state index is 11.8. The van der Waals surface area contributed by atoms with Crippen molar-refractivity contribution < 1.29 is 18.7 Å². The van der Waals surface area contributed by atoms with Crippen molar-refractivity contribution >= 4 is 5.97 Å². The molecule has 0 radical (unpaired) electrons. The van der Waals surface area contributed by atoms with Crippen LogP contribution in [0.4, 0.5) is 0 Å². The molecule has 2 aromatic rings. The van der Waals surface area contributed by atoms with Gasteiger partial charge in [-0.05, 0) is 36.0 Å². The average molecular weight is 381 g/mol. The van der Waals surface area contributed by atoms with Crippen LogP contribution in [-0.4, -0.2) is 37.7 Å². The van der Waals surface area contributed by atoms with E-state index >= 15 is 0 Å². The number of furan rings is 1. The van der Waals surface area contributed by atoms with Gasteiger partial charge in [-0.1, -0.05) is 26.0 Å². The molecule has 28 heavy (non-hydrogen) atoms. The highest BCUT2D eigenvalue weighted by molar-refractivity contribution is 5.94. The largest absolute Gasteiger partial charge is 0.460 e. The number of rotatable bonds is 5. The predicted molar refractivity (Wildman–Crippen MR) is 105 cm³/mol. The van der Waals surface area contributed by atoms with Crippen molar-refractivity contribution in [1.82, 2.24) is 4.90 Å². The van der Waals surface area contributed by atoms with Crippen molar-refractivity contribution in [2.75, 3.05) is 26.8 Å². The molecule has 1 aromatic heterocycles. The van der Waals surface area contributed by atoms with Crippen LogP contribution < -0.4 is 0 Å². The zero-order valence-electron chi connectivity index (χ0n) is 16.8. The molecule has 1 saturated carbocycles. The third kappa shape index (κ3) is 2.72. The number of cyclic esters (lactones) is 1. The molecule has 1 aliphatic carbocycles. The van der Waals surface area contributed by atoms with Gasteiger partial charge < -0.3 is 13.9 Å². The maximum atomic E-state index is 11.8. The summed E-state index contributed by atoms with van der Waals surface area (Å²) >= 11 is 0. The van der Waals surface area contributed by atoms with Crippen molar-refractivity contribution in [3.8, 4) is 11.3 Å². The van der Waals surface area contributed by atoms with E-state index in [1.165, 1.54) is 6.42 Å². The van der Waals surface area contributed by atoms with Crippen molar-refractivity contribution in [1.29, 1.82) is 0 Å². The van der Waals surface area contributed by atoms with Gasteiger partial charge in [0.1, 0.15) is 18.1 Å². The molecule has 0 spiro atoms. The molecule has 2 fully saturated rings. The topological polar surface area (TPSA) is 51.9 Å². The normalized spacial score (nSPS) is 28.0. The molecule has 5 heteroatoms. The minimum absolute atomic E-state index is 0.248. The van der Waals surface area contributed by atoms with E-state index < -0.39 is 0 Å². The van der Waals surface area contributed by atoms with E-state index in [4.69, 9.17) is 13.9 Å². The molecular weight excluding hydrogens is 354 g/mol. The van der Waals surface area contributed by atoms with Crippen molar-refractivity contribution in [3.05, 3.63) is 47.2 Å². The van der Waals surface area contributed by atoms with Crippen LogP contribution in [0.3, 0.4) is 0 Å². The molecule has 5 nitrogen and oxygen atoms in total. The Morgan fingerprint density at radius 3 is 2.89 bits per heavy atom. The average Bonchev–Trinajstić information content (AvgIpc) is 3.33. The van der Waals surface area contributed by atoms with E-state index in [9.17, 15) is 4.79 Å². The minimum atomic E-state index is -0.248. The summed E-state index contributed by atoms with van der Waals surface area (Å²) in [6, 6.07) is 9.87. The molecule has 1 saturated heterocycles. The minimum Gasteiger partial charge on any atom is -0.460 e. The van der Waals surface area contributed by atoms with Crippen LogP contribution in [0.15, 0.2) is 34.7 Å². The first kappa shape index (κ1) is 18.0. The summed E-state index contributed by atoms with van der Waals surface area (Å²) in [6.45, 7) is 8.93. The van der Waals surface area contributed by atoms with Crippen LogP contribution in [0.1, 0.15) is 41.9 Å². The van der Waals surface area contributed by atoms with Gasteiger partial charge in [0.15, 0.2) is 0 Å². The highest BCUT2D eigenvalue weighted by Crippen LogP contribution is 2.62. The fourth-order valence-electron chi connectivity index (χ4n) is 5.94. The molecule has 0 amide bonds. The lowest BCUT2D eigenvalue weighted by Crippen LogP contribution is -2.55. The highest BCUT2D eigenvalue weighted by Gasteiger charge is 2.62. The van der Waals surface area contributed by atoms with Gasteiger partial charge in [-0.15, -0.1) is 0 Å². The summed E-state index contributed by atoms with van der Waals surface area (Å²) in [6.07, 6.45) is 1.23. The molecule has 148 valence electrons. The van der Waals surface area contributed by atoms with Gasteiger partial charge >= 0.3 is 5.97 Å². The Morgan fingerprint density at radius 1 is 1.25 bits per heavy atom. The summed E-state index contributed by atoms with van der Waals surface area (Å²) in [5, 5.41) is 0. The smallest absolute Gasteiger partial charge is 0.338 e. The van der Waals surface area contributed by atoms with Gasteiger partial charge in [-0.2, -0.15) is 0 Å². The number of esters is 1. The number of ether oxygens (including phenoxy) is 2. The zero-order chi connectivity index (χ0) is 19.5. The zero-order valence-corrected chi connectivity index (χ0v) is 16.8. The summed E-state index contributed by atoms with van der Waals surface area (Å²) in [5.41, 5.74) is 3.20. The Balaban J connectivity index is 1.32. The van der Waals surface area contributed by atoms with Crippen LogP contribution in [0.5, 0.6) is 0 Å². The van der Waals surface area contributed by atoms with E-state index in [0.29, 0.717) is 28.9 Å². The number of methoxy groups -OCH3 is 1. The van der Waals surface area contributed by atoms with Gasteiger partial charge in [0.2, 0.25) is 0 Å². The Morgan fingerprint density at radius 2 is 2.11 bits per heavy atom. The van der Waals surface area contributed by atoms with Gasteiger partial charge in [0.05, 0.1) is 18.7 Å². The monoisotopic (exact) mass is 381 g/mol. The van der Waals surface area contributed by atoms with E-state index in [1.807, 2.05) is 31.4 Å². The standard InChI is InChI=1S/C23H27NO4/c1-22(2)12-23(14-26-3)13-24(10-20(22)23)9-17-6-7-19(28-17)15-4-5-16-11-27-21(25)18(16)8-15/h4-8,20H,9-14H2,1-3H3/t20-,23-/m1/s1. The van der Waals surface area contributed by atoms with Crippen LogP contribution in [-0.2, 0) is 22.6 Å². The molecule has 0 unspecified atom stereocenters. The molecule has 5 rings (SSSR count). The lowest BCUT2D eigenvalue weighted by atomic mass is 9.48. The lowest BCUT2D eigenvalue weighted by Gasteiger charge is -2.56. The Labute approximate surface area is 165 Å². The van der Waals surface area contributed by atoms with Crippen molar-refractivity contribution in [2.24, 2.45) is 16.7 Å². The summed E-state index contributed by atoms with van der Waals surface area (Å²) in [7, 11) is 1.81. The molecular formula is C23H27NO4. The first-order valence-corrected chi connectivity index (χ1v) is 10.0. The van der Waals surface area contributed by atoms with Crippen LogP contribution >= 0.6 is 0 Å². The molecule has 3 heterocycles. The molecule has 2 aliphatic heterocycles. The molecule has 2 atom stereocenters. The number of carbonyl (C=O) groups excluding carboxylic acids is 1. The summed E-state index contributed by atoms with van der Waals surface area (Å²) in [4.78, 5) is 14.3. The van der Waals surface area contributed by atoms with E-state index in [0.717, 1.165) is 48.9 Å². The second-order valence-corrected chi connectivity index (χ2v) is 9.40. The van der Waals surface area contributed by atoms with E-state index in [1.54, 1.807) is 0 Å². The summed E-state index contributed by atoms with van der Waals surface area (Å²) in [5.74, 6) is 2.19. The predicted octanol–water partition coefficient (Wildman–Crippen LogP) is 4.11. The third-order valence-corrected chi connectivity index (χ3v) is 6.92. The lowest BCUT2D eigenvalue weighted by molar-refractivity contribution is -0.107. The number of hydrogen-bond donors (Lipinski definition) is 0. The third-order valence-electron chi connectivity index (χ3n) is 6.92. The summed E-state index contributed by atoms with van der Waals surface area (Å²) < 4.78 is 16.8. The molecule has 0 bridgehead atoms. The van der Waals surface area contributed by atoms with Crippen molar-refractivity contribution in [3.63, 3.8) is 0 Å². The SMILES string of the molecule is COC[C@@]12CN(Cc3ccc(-c4ccc5c(c4)C(=O)OC5)o3)C[C@@H]1C(C)(C)C2. The first-order chi connectivity index (χ1) is 13.4. The maximum Gasteiger partial charge on any atom is 0.338 e. The number of likely N-dealkylation sites (tertiary alicyclic amines) is 1. The van der Waals surface area contributed by atoms with Crippen LogP contribution in [0.2, 0.25) is 0 Å². The molecule has 3 aliphatic rings. The van der Waals surface area contributed by atoms with Gasteiger partial charge in [-0.25, -0.2) is 4.79 Å². The van der Waals surface area contributed by atoms with Crippen molar-refractivity contribution in [2.45, 2.75) is 33.4 Å². The Bertz CT molecular complexity index is 930. The molecule has 1 aromatic carbocycles. The number of hydrogen-bond acceptors (Lipinski definition) is 5. The first-order valence-electron chi connectivity index (χ1n) is 10.0. The number of fused-ring (bicyclic) bond motifs is 2. The van der Waals surface area contributed by atoms with Gasteiger partial charge in [0, 0.05) is 36.7 Å². The van der Waals surface area contributed by atoms with E-state index in [-0.39, 0.29) is 5.97 Å². The highest BCUT2D eigenvalue weighted by atomic mass is 16.5. The van der Waals surface area contributed by atoms with Gasteiger partial charge in [0.25, 0.3) is 0 Å². The second-order valence-electron chi connectivity index (χ2n) is 9.40. The van der Waals surface area contributed by atoms with Crippen LogP contribution in [0.25, 0.3) is 11.3 Å². The Kier molecular flexibility index (Phi) is 3.97. The number of carbonyl (C=O) groups is 1. The number of nitrogens with zero attached hydrogens (tertiary/aromatic N) is 1.